The Morgan fingerprint density at radius 1 is 1.12 bits per heavy atom. The van der Waals surface area contributed by atoms with Gasteiger partial charge in [-0.05, 0) is 24.2 Å². The molecule has 0 amide bonds. The van der Waals surface area contributed by atoms with E-state index in [0.717, 1.165) is 0 Å². The first-order valence-corrected chi connectivity index (χ1v) is 7.53. The largest absolute Gasteiger partial charge is 0.396 e. The first-order valence-electron chi connectivity index (χ1n) is 5.88. The highest BCUT2D eigenvalue weighted by molar-refractivity contribution is 7.89. The summed E-state index contributed by atoms with van der Waals surface area (Å²) >= 11 is 0. The zero-order valence-corrected chi connectivity index (χ0v) is 11.5. The van der Waals surface area contributed by atoms with Crippen molar-refractivity contribution in [1.29, 1.82) is 0 Å². The van der Waals surface area contributed by atoms with Crippen LogP contribution in [-0.2, 0) is 10.0 Å². The topological polar surface area (TPSA) is 66.4 Å². The van der Waals surface area contributed by atoms with Crippen LogP contribution in [0.3, 0.4) is 0 Å². The normalized spacial score (nSPS) is 13.0. The van der Waals surface area contributed by atoms with E-state index in [2.05, 4.69) is 32.4 Å². The lowest BCUT2D eigenvalue weighted by Crippen LogP contribution is -2.35. The second-order valence-electron chi connectivity index (χ2n) is 4.90. The average molecular weight is 251 g/mol. The second kappa shape index (κ2) is 7.25. The van der Waals surface area contributed by atoms with Crippen LogP contribution < -0.4 is 4.72 Å². The second-order valence-corrected chi connectivity index (χ2v) is 6.82. The van der Waals surface area contributed by atoms with E-state index in [1.54, 1.807) is 0 Å². The molecule has 5 heteroatoms. The summed E-state index contributed by atoms with van der Waals surface area (Å²) in [5.41, 5.74) is 0. The molecule has 0 aromatic carbocycles. The summed E-state index contributed by atoms with van der Waals surface area (Å²) in [5, 5.41) is 8.59. The molecule has 0 aliphatic carbocycles. The van der Waals surface area contributed by atoms with E-state index in [9.17, 15) is 8.42 Å². The molecule has 0 bridgehead atoms. The summed E-state index contributed by atoms with van der Waals surface area (Å²) in [6.45, 7) is 8.82. The van der Waals surface area contributed by atoms with Gasteiger partial charge in [0.1, 0.15) is 0 Å². The predicted molar refractivity (Wildman–Crippen MR) is 66.7 cm³/mol. The molecule has 0 aliphatic heterocycles. The number of aliphatic hydroxyl groups is 1. The lowest BCUT2D eigenvalue weighted by molar-refractivity contribution is 0.287. The van der Waals surface area contributed by atoms with Crippen molar-refractivity contribution in [1.82, 2.24) is 4.72 Å². The molecular weight excluding hydrogens is 226 g/mol. The highest BCUT2D eigenvalue weighted by atomic mass is 32.2. The van der Waals surface area contributed by atoms with Crippen molar-refractivity contribution < 1.29 is 13.5 Å². The smallest absolute Gasteiger partial charge is 0.211 e. The Balaban J connectivity index is 4.20. The third-order valence-electron chi connectivity index (χ3n) is 2.82. The molecule has 98 valence electrons. The van der Waals surface area contributed by atoms with Gasteiger partial charge in [0.15, 0.2) is 0 Å². The van der Waals surface area contributed by atoms with E-state index in [1.165, 1.54) is 0 Å². The first-order chi connectivity index (χ1) is 7.30. The summed E-state index contributed by atoms with van der Waals surface area (Å²) in [7, 11) is -3.22. The maximum Gasteiger partial charge on any atom is 0.211 e. The Morgan fingerprint density at radius 2 is 1.62 bits per heavy atom. The quantitative estimate of drug-likeness (QED) is 0.681. The van der Waals surface area contributed by atoms with Crippen LogP contribution in [0.15, 0.2) is 0 Å². The van der Waals surface area contributed by atoms with Crippen LogP contribution in [0, 0.1) is 17.8 Å². The van der Waals surface area contributed by atoms with Crippen molar-refractivity contribution in [3.05, 3.63) is 0 Å². The van der Waals surface area contributed by atoms with Gasteiger partial charge < -0.3 is 5.11 Å². The maximum atomic E-state index is 11.5. The minimum Gasteiger partial charge on any atom is -0.396 e. The zero-order valence-electron chi connectivity index (χ0n) is 10.7. The van der Waals surface area contributed by atoms with Crippen molar-refractivity contribution in [2.24, 2.45) is 17.8 Å². The molecule has 0 radical (unpaired) electrons. The molecule has 0 aliphatic rings. The Labute approximate surface area is 99.5 Å². The molecule has 2 N–H and O–H groups in total. The molecule has 0 aromatic rings. The van der Waals surface area contributed by atoms with Crippen LogP contribution in [-0.4, -0.2) is 32.4 Å². The van der Waals surface area contributed by atoms with E-state index in [4.69, 9.17) is 5.11 Å². The summed E-state index contributed by atoms with van der Waals surface area (Å²) in [6, 6.07) is 0. The Morgan fingerprint density at radius 3 is 2.00 bits per heavy atom. The van der Waals surface area contributed by atoms with Crippen LogP contribution >= 0.6 is 0 Å². The highest BCUT2D eigenvalue weighted by Crippen LogP contribution is 2.19. The van der Waals surface area contributed by atoms with E-state index in [1.807, 2.05) is 0 Å². The molecule has 16 heavy (non-hydrogen) atoms. The number of hydrogen-bond acceptors (Lipinski definition) is 3. The van der Waals surface area contributed by atoms with Gasteiger partial charge in [0.05, 0.1) is 5.75 Å². The minimum atomic E-state index is -3.22. The lowest BCUT2D eigenvalue weighted by atomic mass is 9.86. The summed E-state index contributed by atoms with van der Waals surface area (Å²) in [6.07, 6.45) is 0.295. The summed E-state index contributed by atoms with van der Waals surface area (Å²) in [4.78, 5) is 0. The van der Waals surface area contributed by atoms with Crippen molar-refractivity contribution in [2.75, 3.05) is 18.9 Å². The lowest BCUT2D eigenvalue weighted by Gasteiger charge is -2.24. The van der Waals surface area contributed by atoms with Crippen LogP contribution in [0.25, 0.3) is 0 Å². The molecule has 0 aromatic heterocycles. The van der Waals surface area contributed by atoms with E-state index < -0.39 is 10.0 Å². The molecule has 4 nitrogen and oxygen atoms in total. The van der Waals surface area contributed by atoms with Crippen LogP contribution in [0.4, 0.5) is 0 Å². The highest BCUT2D eigenvalue weighted by Gasteiger charge is 2.20. The van der Waals surface area contributed by atoms with Crippen molar-refractivity contribution in [2.45, 2.75) is 34.1 Å². The van der Waals surface area contributed by atoms with Gasteiger partial charge in [-0.2, -0.15) is 0 Å². The van der Waals surface area contributed by atoms with E-state index >= 15 is 0 Å². The molecular formula is C11H25NO3S. The van der Waals surface area contributed by atoms with E-state index in [-0.39, 0.29) is 12.4 Å². The van der Waals surface area contributed by atoms with Gasteiger partial charge in [0.25, 0.3) is 0 Å². The number of hydrogen-bond donors (Lipinski definition) is 2. The number of aliphatic hydroxyl groups excluding tert-OH is 1. The Kier molecular flexibility index (Phi) is 7.19. The minimum absolute atomic E-state index is 0.00636. The van der Waals surface area contributed by atoms with Gasteiger partial charge >= 0.3 is 0 Å². The third-order valence-corrected chi connectivity index (χ3v) is 4.26. The Bertz CT molecular complexity index is 265. The van der Waals surface area contributed by atoms with Gasteiger partial charge in [0.2, 0.25) is 10.0 Å². The molecule has 0 saturated heterocycles. The average Bonchev–Trinajstić information content (AvgIpc) is 2.13. The molecule has 0 heterocycles. The van der Waals surface area contributed by atoms with Gasteiger partial charge in [-0.1, -0.05) is 27.7 Å². The molecule has 0 unspecified atom stereocenters. The number of nitrogens with one attached hydrogen (secondary N) is 1. The molecule has 0 rings (SSSR count). The first kappa shape index (κ1) is 15.9. The van der Waals surface area contributed by atoms with Crippen LogP contribution in [0.1, 0.15) is 34.1 Å². The maximum absolute atomic E-state index is 11.5. The van der Waals surface area contributed by atoms with E-state index in [0.29, 0.717) is 30.7 Å². The van der Waals surface area contributed by atoms with Crippen molar-refractivity contribution in [3.63, 3.8) is 0 Å². The molecule has 0 atom stereocenters. The fraction of sp³-hybridized carbons (Fsp3) is 1.00. The monoisotopic (exact) mass is 251 g/mol. The summed E-state index contributed by atoms with van der Waals surface area (Å²) < 4.78 is 25.7. The number of sulfonamides is 1. The van der Waals surface area contributed by atoms with Gasteiger partial charge in [-0.15, -0.1) is 0 Å². The zero-order chi connectivity index (χ0) is 12.8. The number of rotatable bonds is 8. The van der Waals surface area contributed by atoms with Crippen LogP contribution in [0.2, 0.25) is 0 Å². The van der Waals surface area contributed by atoms with Crippen molar-refractivity contribution >= 4 is 10.0 Å². The Hall–Kier alpha value is -0.130. The molecule has 0 fully saturated rings. The standard InChI is InChI=1S/C11H25NO3S/c1-9(2)11(10(3)4)8-12-16(14,15)7-5-6-13/h9-13H,5-8H2,1-4H3. The molecule has 0 spiro atoms. The molecule has 0 saturated carbocycles. The third kappa shape index (κ3) is 6.45. The van der Waals surface area contributed by atoms with Gasteiger partial charge in [-0.3, -0.25) is 0 Å². The van der Waals surface area contributed by atoms with Crippen LogP contribution in [0.5, 0.6) is 0 Å². The van der Waals surface area contributed by atoms with Gasteiger partial charge in [0, 0.05) is 13.2 Å². The van der Waals surface area contributed by atoms with Gasteiger partial charge in [-0.25, -0.2) is 13.1 Å². The predicted octanol–water partition coefficient (Wildman–Crippen LogP) is 1.22. The SMILES string of the molecule is CC(C)C(CNS(=O)(=O)CCCO)C(C)C. The summed E-state index contributed by atoms with van der Waals surface area (Å²) in [5.74, 6) is 1.27. The fourth-order valence-electron chi connectivity index (χ4n) is 1.79. The van der Waals surface area contributed by atoms with Crippen molar-refractivity contribution in [3.8, 4) is 0 Å². The fourth-order valence-corrected chi connectivity index (χ4v) is 2.89.